The number of carbonyl (C=O) groups excluding carboxylic acids is 1. The number of hydrogen-bond donors (Lipinski definition) is 1. The fourth-order valence-corrected chi connectivity index (χ4v) is 4.67. The molecule has 3 aliphatic rings. The number of fused-ring (bicyclic) bond motifs is 3. The molecule has 0 aromatic heterocycles. The van der Waals surface area contributed by atoms with Crippen LogP contribution < -0.4 is 10.1 Å². The maximum absolute atomic E-state index is 14.0. The van der Waals surface area contributed by atoms with Crippen molar-refractivity contribution in [2.45, 2.75) is 24.9 Å². The van der Waals surface area contributed by atoms with Gasteiger partial charge in [-0.2, -0.15) is 5.10 Å². The molecule has 0 radical (unpaired) electrons. The molecule has 1 fully saturated rings. The fraction of sp³-hybridized carbons (Fsp3) is 0.391. The van der Waals surface area contributed by atoms with Crippen molar-refractivity contribution < 1.29 is 13.9 Å². The minimum atomic E-state index is -0.341. The Morgan fingerprint density at radius 3 is 2.87 bits per heavy atom. The average molecular weight is 408 g/mol. The van der Waals surface area contributed by atoms with Crippen molar-refractivity contribution in [1.29, 1.82) is 0 Å². The van der Waals surface area contributed by atoms with Crippen LogP contribution in [0.4, 0.5) is 9.18 Å². The third kappa shape index (κ3) is 3.23. The van der Waals surface area contributed by atoms with Crippen LogP contribution in [0.25, 0.3) is 0 Å². The first-order valence-corrected chi connectivity index (χ1v) is 10.5. The summed E-state index contributed by atoms with van der Waals surface area (Å²) >= 11 is 0. The first kappa shape index (κ1) is 19.1. The Morgan fingerprint density at radius 2 is 2.10 bits per heavy atom. The summed E-state index contributed by atoms with van der Waals surface area (Å²) in [6, 6.07) is 14.1. The van der Waals surface area contributed by atoms with Crippen LogP contribution in [0.3, 0.4) is 0 Å². The molecule has 5 rings (SSSR count). The Bertz CT molecular complexity index is 974. The molecule has 30 heavy (non-hydrogen) atoms. The lowest BCUT2D eigenvalue weighted by Crippen LogP contribution is -2.50. The van der Waals surface area contributed by atoms with Gasteiger partial charge in [-0.05, 0) is 43.1 Å². The summed E-state index contributed by atoms with van der Waals surface area (Å²) in [5, 5.41) is 9.70. The number of amides is 2. The van der Waals surface area contributed by atoms with Crippen molar-refractivity contribution in [3.05, 3.63) is 65.5 Å². The molecule has 156 valence electrons. The first-order chi connectivity index (χ1) is 14.6. The number of urea groups is 1. The highest BCUT2D eigenvalue weighted by molar-refractivity contribution is 6.07. The molecule has 1 saturated heterocycles. The third-order valence-corrected chi connectivity index (χ3v) is 6.30. The highest BCUT2D eigenvalue weighted by atomic mass is 19.1. The smallest absolute Gasteiger partial charge is 0.341 e. The molecule has 0 bridgehead atoms. The topological polar surface area (TPSA) is 57.2 Å². The Hall–Kier alpha value is -2.93. The zero-order valence-corrected chi connectivity index (χ0v) is 16.9. The van der Waals surface area contributed by atoms with Gasteiger partial charge in [-0.1, -0.05) is 30.3 Å². The summed E-state index contributed by atoms with van der Waals surface area (Å²) in [5.74, 6) is 0.119. The Morgan fingerprint density at radius 1 is 1.27 bits per heavy atom. The predicted molar refractivity (Wildman–Crippen MR) is 112 cm³/mol. The first-order valence-electron chi connectivity index (χ1n) is 10.5. The van der Waals surface area contributed by atoms with Crippen molar-refractivity contribution in [3.63, 3.8) is 0 Å². The van der Waals surface area contributed by atoms with E-state index in [4.69, 9.17) is 9.84 Å². The molecule has 0 aliphatic carbocycles. The molecule has 3 atom stereocenters. The highest BCUT2D eigenvalue weighted by Crippen LogP contribution is 2.43. The van der Waals surface area contributed by atoms with Gasteiger partial charge in [0, 0.05) is 25.2 Å². The molecule has 2 aromatic carbocycles. The van der Waals surface area contributed by atoms with Gasteiger partial charge in [0.2, 0.25) is 0 Å². The van der Waals surface area contributed by atoms with E-state index in [0.717, 1.165) is 31.5 Å². The third-order valence-electron chi connectivity index (χ3n) is 6.30. The molecule has 0 saturated carbocycles. The van der Waals surface area contributed by atoms with Crippen LogP contribution >= 0.6 is 0 Å². The zero-order valence-electron chi connectivity index (χ0n) is 16.9. The lowest BCUT2D eigenvalue weighted by atomic mass is 9.86. The molecule has 2 aromatic rings. The number of hydrogen-bond acceptors (Lipinski definition) is 4. The van der Waals surface area contributed by atoms with Crippen LogP contribution in [0.15, 0.2) is 53.6 Å². The summed E-state index contributed by atoms with van der Waals surface area (Å²) < 4.78 is 19.9. The Labute approximate surface area is 175 Å². The van der Waals surface area contributed by atoms with Gasteiger partial charge in [-0.25, -0.2) is 14.2 Å². The largest absolute Gasteiger partial charge is 0.492 e. The van der Waals surface area contributed by atoms with Gasteiger partial charge in [0.05, 0.1) is 24.3 Å². The molecule has 3 aliphatic heterocycles. The number of piperidine rings is 1. The molecular formula is C23H25FN4O2. The summed E-state index contributed by atoms with van der Waals surface area (Å²) in [6.45, 7) is 2.16. The van der Waals surface area contributed by atoms with Gasteiger partial charge < -0.3 is 15.0 Å². The minimum absolute atomic E-state index is 0.131. The molecule has 0 spiro atoms. The van der Waals surface area contributed by atoms with E-state index in [-0.39, 0.29) is 29.8 Å². The highest BCUT2D eigenvalue weighted by Gasteiger charge is 2.46. The number of nitrogens with zero attached hydrogens (tertiary/aromatic N) is 3. The minimum Gasteiger partial charge on any atom is -0.492 e. The second-order valence-corrected chi connectivity index (χ2v) is 8.14. The Kier molecular flexibility index (Phi) is 4.90. The maximum atomic E-state index is 14.0. The molecule has 6 nitrogen and oxygen atoms in total. The summed E-state index contributed by atoms with van der Waals surface area (Å²) in [5.41, 5.74) is 2.34. The van der Waals surface area contributed by atoms with Crippen molar-refractivity contribution in [2.24, 2.45) is 11.0 Å². The van der Waals surface area contributed by atoms with E-state index in [1.165, 1.54) is 12.1 Å². The average Bonchev–Trinajstić information content (AvgIpc) is 3.19. The van der Waals surface area contributed by atoms with Gasteiger partial charge in [0.1, 0.15) is 11.6 Å². The lowest BCUT2D eigenvalue weighted by Gasteiger charge is -2.36. The number of benzene rings is 2. The molecule has 3 heterocycles. The van der Waals surface area contributed by atoms with Gasteiger partial charge in [0.15, 0.2) is 0 Å². The second kappa shape index (κ2) is 7.72. The number of nitrogens with one attached hydrogen (secondary N) is 1. The number of likely N-dealkylation sites (N-methyl/N-ethyl adjacent to an activating group) is 1. The van der Waals surface area contributed by atoms with Crippen LogP contribution in [0.1, 0.15) is 30.0 Å². The zero-order chi connectivity index (χ0) is 20.7. The van der Waals surface area contributed by atoms with Crippen LogP contribution in [-0.4, -0.2) is 54.4 Å². The van der Waals surface area contributed by atoms with E-state index < -0.39 is 0 Å². The van der Waals surface area contributed by atoms with Crippen LogP contribution in [0, 0.1) is 11.7 Å². The SMILES string of the molecule is CN(C(=O)N1N=C2c3cc(F)ccc3OC[C@@H]2[C@@H]1c1ccccc1)[C@@H]1CCCNC1. The van der Waals surface area contributed by atoms with Crippen molar-refractivity contribution in [1.82, 2.24) is 15.2 Å². The Balaban J connectivity index is 1.54. The van der Waals surface area contributed by atoms with Gasteiger partial charge in [-0.15, -0.1) is 0 Å². The number of halogens is 1. The van der Waals surface area contributed by atoms with E-state index in [1.807, 2.05) is 37.4 Å². The predicted octanol–water partition coefficient (Wildman–Crippen LogP) is 3.40. The standard InChI is InChI=1S/C23H25FN4O2/c1-27(17-8-5-11-25-13-17)23(29)28-22(15-6-3-2-4-7-15)19-14-30-20-10-9-16(24)12-18(20)21(19)26-28/h2-4,6-7,9-10,12,17,19,22,25H,5,8,11,13-14H2,1H3/t17-,19+,22+/m1/s1. The van der Waals surface area contributed by atoms with E-state index in [9.17, 15) is 9.18 Å². The van der Waals surface area contributed by atoms with Gasteiger partial charge in [-0.3, -0.25) is 0 Å². The van der Waals surface area contributed by atoms with Crippen molar-refractivity contribution in [3.8, 4) is 5.75 Å². The number of rotatable bonds is 2. The van der Waals surface area contributed by atoms with E-state index in [1.54, 1.807) is 16.0 Å². The van der Waals surface area contributed by atoms with E-state index in [2.05, 4.69) is 5.32 Å². The quantitative estimate of drug-likeness (QED) is 0.829. The summed E-state index contributed by atoms with van der Waals surface area (Å²) in [7, 11) is 1.84. The van der Waals surface area contributed by atoms with Gasteiger partial charge in [0.25, 0.3) is 0 Å². The molecule has 2 amide bonds. The van der Waals surface area contributed by atoms with E-state index >= 15 is 0 Å². The number of carbonyl (C=O) groups is 1. The fourth-order valence-electron chi connectivity index (χ4n) is 4.67. The van der Waals surface area contributed by atoms with Gasteiger partial charge >= 0.3 is 6.03 Å². The van der Waals surface area contributed by atoms with E-state index in [0.29, 0.717) is 23.6 Å². The second-order valence-electron chi connectivity index (χ2n) is 8.14. The van der Waals surface area contributed by atoms with Crippen molar-refractivity contribution >= 4 is 11.7 Å². The molecule has 1 N–H and O–H groups in total. The summed E-state index contributed by atoms with van der Waals surface area (Å²) in [4.78, 5) is 15.3. The molecular weight excluding hydrogens is 383 g/mol. The van der Waals surface area contributed by atoms with Crippen LogP contribution in [-0.2, 0) is 0 Å². The summed E-state index contributed by atoms with van der Waals surface area (Å²) in [6.07, 6.45) is 2.01. The molecule has 7 heteroatoms. The molecule has 0 unspecified atom stereocenters. The monoisotopic (exact) mass is 408 g/mol. The van der Waals surface area contributed by atoms with Crippen LogP contribution in [0.5, 0.6) is 5.75 Å². The lowest BCUT2D eigenvalue weighted by molar-refractivity contribution is 0.115. The normalized spacial score (nSPS) is 25.1. The maximum Gasteiger partial charge on any atom is 0.341 e. The number of ether oxygens (including phenoxy) is 1. The van der Waals surface area contributed by atoms with Crippen molar-refractivity contribution in [2.75, 3.05) is 26.7 Å². The number of hydrazone groups is 1. The van der Waals surface area contributed by atoms with Crippen LogP contribution in [0.2, 0.25) is 0 Å².